The number of esters is 1. The molecule has 0 unspecified atom stereocenters. The van der Waals surface area contributed by atoms with Gasteiger partial charge in [-0.25, -0.2) is 0 Å². The van der Waals surface area contributed by atoms with E-state index >= 15 is 0 Å². The second-order valence-corrected chi connectivity index (χ2v) is 6.83. The molecule has 1 heterocycles. The van der Waals surface area contributed by atoms with E-state index in [0.717, 1.165) is 11.1 Å². The molecule has 0 radical (unpaired) electrons. The van der Waals surface area contributed by atoms with Crippen molar-refractivity contribution in [2.45, 2.75) is 38.0 Å². The molecule has 3 atom stereocenters. The van der Waals surface area contributed by atoms with Gasteiger partial charge in [-0.05, 0) is 18.1 Å². The molecule has 3 rings (SSSR count). The summed E-state index contributed by atoms with van der Waals surface area (Å²) in [6, 6.07) is 16.9. The lowest BCUT2D eigenvalue weighted by molar-refractivity contribution is -0.143. The number of hydrogen-bond acceptors (Lipinski definition) is 5. The summed E-state index contributed by atoms with van der Waals surface area (Å²) >= 11 is 0. The van der Waals surface area contributed by atoms with Crippen molar-refractivity contribution in [1.29, 1.82) is 0 Å². The summed E-state index contributed by atoms with van der Waals surface area (Å²) in [6.45, 7) is 2.33. The van der Waals surface area contributed by atoms with Gasteiger partial charge in [-0.2, -0.15) is 0 Å². The third-order valence-corrected chi connectivity index (χ3v) is 4.63. The van der Waals surface area contributed by atoms with Crippen LogP contribution in [-0.2, 0) is 32.1 Å². The molecule has 7 nitrogen and oxygen atoms in total. The van der Waals surface area contributed by atoms with E-state index in [-0.39, 0.29) is 18.4 Å². The van der Waals surface area contributed by atoms with Gasteiger partial charge in [0, 0.05) is 13.0 Å². The van der Waals surface area contributed by atoms with Gasteiger partial charge in [-0.1, -0.05) is 60.7 Å². The summed E-state index contributed by atoms with van der Waals surface area (Å²) in [7, 11) is 0. The van der Waals surface area contributed by atoms with E-state index in [1.54, 1.807) is 6.92 Å². The first-order valence-corrected chi connectivity index (χ1v) is 9.67. The molecule has 1 saturated heterocycles. The van der Waals surface area contributed by atoms with Crippen LogP contribution < -0.4 is 16.0 Å². The minimum absolute atomic E-state index is 0.254. The molecular formula is C22H25N3O4. The molecule has 0 aromatic heterocycles. The topological polar surface area (TPSA) is 106 Å². The molecule has 7 heteroatoms. The highest BCUT2D eigenvalue weighted by Crippen LogP contribution is 2.14. The van der Waals surface area contributed by atoms with Crippen LogP contribution in [0.25, 0.3) is 0 Å². The van der Waals surface area contributed by atoms with Crippen LogP contribution in [0.1, 0.15) is 18.1 Å². The van der Waals surface area contributed by atoms with E-state index in [1.807, 2.05) is 60.7 Å². The number of rotatable bonds is 9. The van der Waals surface area contributed by atoms with Gasteiger partial charge in [0.2, 0.25) is 11.8 Å². The number of amides is 2. The third-order valence-electron chi connectivity index (χ3n) is 4.63. The van der Waals surface area contributed by atoms with Crippen LogP contribution in [-0.4, -0.2) is 42.5 Å². The van der Waals surface area contributed by atoms with Crippen molar-refractivity contribution in [1.82, 2.24) is 16.0 Å². The molecule has 152 valence electrons. The SMILES string of the molecule is CCOC(=O)[C@H]1N[C@@H]1C(=O)N[C@@H](Cc1ccccc1)C(=O)NCc1ccccc1. The van der Waals surface area contributed by atoms with Crippen molar-refractivity contribution in [2.75, 3.05) is 6.61 Å². The van der Waals surface area contributed by atoms with Crippen molar-refractivity contribution >= 4 is 17.8 Å². The van der Waals surface area contributed by atoms with Crippen LogP contribution in [0.15, 0.2) is 60.7 Å². The molecule has 1 aliphatic heterocycles. The van der Waals surface area contributed by atoms with E-state index in [0.29, 0.717) is 13.0 Å². The fourth-order valence-electron chi connectivity index (χ4n) is 3.03. The zero-order chi connectivity index (χ0) is 20.6. The first kappa shape index (κ1) is 20.5. The quantitative estimate of drug-likeness (QED) is 0.433. The van der Waals surface area contributed by atoms with Gasteiger partial charge in [0.1, 0.15) is 18.1 Å². The minimum atomic E-state index is -0.751. The smallest absolute Gasteiger partial charge is 0.325 e. The van der Waals surface area contributed by atoms with E-state index in [4.69, 9.17) is 4.74 Å². The summed E-state index contributed by atoms with van der Waals surface area (Å²) in [5, 5.41) is 8.44. The van der Waals surface area contributed by atoms with Crippen molar-refractivity contribution in [3.8, 4) is 0 Å². The zero-order valence-corrected chi connectivity index (χ0v) is 16.3. The maximum absolute atomic E-state index is 12.8. The van der Waals surface area contributed by atoms with Gasteiger partial charge < -0.3 is 15.4 Å². The van der Waals surface area contributed by atoms with Crippen molar-refractivity contribution in [3.05, 3.63) is 71.8 Å². The van der Waals surface area contributed by atoms with Gasteiger partial charge in [-0.3, -0.25) is 19.7 Å². The molecule has 1 aliphatic rings. The Morgan fingerprint density at radius 1 is 0.966 bits per heavy atom. The van der Waals surface area contributed by atoms with E-state index in [1.165, 1.54) is 0 Å². The number of benzene rings is 2. The molecule has 3 N–H and O–H groups in total. The fourth-order valence-corrected chi connectivity index (χ4v) is 3.03. The Morgan fingerprint density at radius 3 is 2.21 bits per heavy atom. The first-order chi connectivity index (χ1) is 14.1. The molecule has 29 heavy (non-hydrogen) atoms. The van der Waals surface area contributed by atoms with E-state index in [2.05, 4.69) is 16.0 Å². The van der Waals surface area contributed by atoms with Crippen LogP contribution >= 0.6 is 0 Å². The summed E-state index contributed by atoms with van der Waals surface area (Å²) in [4.78, 5) is 37.1. The summed E-state index contributed by atoms with van der Waals surface area (Å²) in [5.74, 6) is -1.13. The predicted molar refractivity (Wildman–Crippen MR) is 108 cm³/mol. The maximum Gasteiger partial charge on any atom is 0.325 e. The lowest BCUT2D eigenvalue weighted by Gasteiger charge is -2.18. The maximum atomic E-state index is 12.8. The normalized spacial score (nSPS) is 18.4. The van der Waals surface area contributed by atoms with Gasteiger partial charge in [0.05, 0.1) is 6.61 Å². The molecule has 0 spiro atoms. The lowest BCUT2D eigenvalue weighted by Crippen LogP contribution is -2.49. The van der Waals surface area contributed by atoms with Crippen LogP contribution in [0.2, 0.25) is 0 Å². The molecule has 0 saturated carbocycles. The Hall–Kier alpha value is -3.19. The summed E-state index contributed by atoms with van der Waals surface area (Å²) in [6.07, 6.45) is 0.351. The molecular weight excluding hydrogens is 370 g/mol. The average Bonchev–Trinajstić information content (AvgIpc) is 3.54. The fraction of sp³-hybridized carbons (Fsp3) is 0.318. The second-order valence-electron chi connectivity index (χ2n) is 6.83. The number of nitrogens with one attached hydrogen (secondary N) is 3. The molecule has 1 fully saturated rings. The van der Waals surface area contributed by atoms with Gasteiger partial charge >= 0.3 is 5.97 Å². The number of hydrogen-bond donors (Lipinski definition) is 3. The average molecular weight is 395 g/mol. The molecule has 2 aromatic carbocycles. The van der Waals surface area contributed by atoms with E-state index < -0.39 is 24.1 Å². The van der Waals surface area contributed by atoms with Crippen molar-refractivity contribution in [2.24, 2.45) is 0 Å². The second kappa shape index (κ2) is 9.84. The monoisotopic (exact) mass is 395 g/mol. The van der Waals surface area contributed by atoms with Gasteiger partial charge in [-0.15, -0.1) is 0 Å². The third kappa shape index (κ3) is 5.89. The number of ether oxygens (including phenoxy) is 1. The van der Waals surface area contributed by atoms with Crippen LogP contribution in [0.5, 0.6) is 0 Å². The van der Waals surface area contributed by atoms with Gasteiger partial charge in [0.25, 0.3) is 0 Å². The first-order valence-electron chi connectivity index (χ1n) is 9.67. The molecule has 2 aromatic rings. The van der Waals surface area contributed by atoms with Crippen LogP contribution in [0, 0.1) is 0 Å². The largest absolute Gasteiger partial charge is 0.465 e. The Kier molecular flexibility index (Phi) is 6.97. The standard InChI is InChI=1S/C22H25N3O4/c1-2-29-22(28)19-18(25-19)21(27)24-17(13-15-9-5-3-6-10-15)20(26)23-14-16-11-7-4-8-12-16/h3-12,17-19,25H,2,13-14H2,1H3,(H,23,26)(H,24,27)/t17-,18-,19-/m0/s1. The van der Waals surface area contributed by atoms with Gasteiger partial charge in [0.15, 0.2) is 0 Å². The highest BCUT2D eigenvalue weighted by Gasteiger charge is 2.49. The highest BCUT2D eigenvalue weighted by atomic mass is 16.5. The van der Waals surface area contributed by atoms with Crippen LogP contribution in [0.4, 0.5) is 0 Å². The Labute approximate surface area is 169 Å². The Bertz CT molecular complexity index is 842. The highest BCUT2D eigenvalue weighted by molar-refractivity contribution is 5.97. The van der Waals surface area contributed by atoms with Crippen molar-refractivity contribution < 1.29 is 19.1 Å². The van der Waals surface area contributed by atoms with E-state index in [9.17, 15) is 14.4 Å². The number of carbonyl (C=O) groups is 3. The molecule has 0 aliphatic carbocycles. The Balaban J connectivity index is 1.62. The molecule has 0 bridgehead atoms. The Morgan fingerprint density at radius 2 is 1.59 bits per heavy atom. The predicted octanol–water partition coefficient (Wildman–Crippen LogP) is 0.934. The van der Waals surface area contributed by atoms with Crippen molar-refractivity contribution in [3.63, 3.8) is 0 Å². The lowest BCUT2D eigenvalue weighted by atomic mass is 10.0. The van der Waals surface area contributed by atoms with Crippen LogP contribution in [0.3, 0.4) is 0 Å². The summed E-state index contributed by atoms with van der Waals surface area (Å²) < 4.78 is 4.92. The minimum Gasteiger partial charge on any atom is -0.465 e. The zero-order valence-electron chi connectivity index (χ0n) is 16.3. The molecule has 2 amide bonds. The number of carbonyl (C=O) groups excluding carboxylic acids is 3. The summed E-state index contributed by atoms with van der Waals surface area (Å²) in [5.41, 5.74) is 1.90.